The van der Waals surface area contributed by atoms with Gasteiger partial charge in [-0.25, -0.2) is 0 Å². The van der Waals surface area contributed by atoms with E-state index in [1.165, 1.54) is 6.92 Å². The van der Waals surface area contributed by atoms with E-state index in [9.17, 15) is 10.1 Å². The first kappa shape index (κ1) is 14.0. The van der Waals surface area contributed by atoms with E-state index < -0.39 is 6.10 Å². The highest BCUT2D eigenvalue weighted by Crippen LogP contribution is 2.36. The number of benzene rings is 1. The van der Waals surface area contributed by atoms with Crippen LogP contribution in [-0.2, 0) is 9.53 Å². The van der Waals surface area contributed by atoms with Crippen molar-refractivity contribution in [1.29, 1.82) is 5.26 Å². The Labute approximate surface area is 128 Å². The molecule has 0 amide bonds. The van der Waals surface area contributed by atoms with E-state index >= 15 is 0 Å². The Kier molecular flexibility index (Phi) is 3.48. The molecule has 4 nitrogen and oxygen atoms in total. The number of hydrogen-bond donors (Lipinski definition) is 0. The van der Waals surface area contributed by atoms with Crippen LogP contribution in [0.5, 0.6) is 0 Å². The lowest BCUT2D eigenvalue weighted by molar-refractivity contribution is -0.144. The number of hydrogen-bond acceptors (Lipinski definition) is 4. The van der Waals surface area contributed by atoms with E-state index in [2.05, 4.69) is 11.1 Å². The quantitative estimate of drug-likeness (QED) is 0.755. The fourth-order valence-electron chi connectivity index (χ4n) is 2.67. The lowest BCUT2D eigenvalue weighted by Gasteiger charge is -2.20. The largest absolute Gasteiger partial charge is 0.453 e. The zero-order chi connectivity index (χ0) is 15.7. The number of aromatic nitrogens is 1. The van der Waals surface area contributed by atoms with Crippen molar-refractivity contribution in [1.82, 2.24) is 4.98 Å². The summed E-state index contributed by atoms with van der Waals surface area (Å²) in [5.41, 5.74) is 4.69. The highest BCUT2D eigenvalue weighted by atomic mass is 16.5. The van der Waals surface area contributed by atoms with Crippen molar-refractivity contribution in [3.05, 3.63) is 64.0 Å². The number of nitrogens with zero attached hydrogens (tertiary/aromatic N) is 2. The molecule has 0 saturated carbocycles. The Balaban J connectivity index is 2.28. The standard InChI is InChI=1S/C18H14N2O2/c1-11-8-16-17(20-10-11)7-6-14-13(9-19)4-3-5-15(14)18(16)22-12(2)21/h3-8,10,18H,1-2H3. The number of ether oxygens (including phenoxy) is 1. The molecule has 108 valence electrons. The van der Waals surface area contributed by atoms with Crippen LogP contribution in [0.25, 0.3) is 12.2 Å². The van der Waals surface area contributed by atoms with Crippen LogP contribution in [0, 0.1) is 18.3 Å². The minimum Gasteiger partial charge on any atom is -0.453 e. The van der Waals surface area contributed by atoms with Gasteiger partial charge in [-0.15, -0.1) is 0 Å². The van der Waals surface area contributed by atoms with Crippen LogP contribution in [0.2, 0.25) is 0 Å². The number of pyridine rings is 1. The van der Waals surface area contributed by atoms with Gasteiger partial charge in [-0.3, -0.25) is 9.78 Å². The maximum atomic E-state index is 11.6. The molecule has 1 heterocycles. The van der Waals surface area contributed by atoms with Crippen LogP contribution in [0.4, 0.5) is 0 Å². The third-order valence-electron chi connectivity index (χ3n) is 3.60. The molecular weight excluding hydrogens is 276 g/mol. The molecule has 1 unspecified atom stereocenters. The van der Waals surface area contributed by atoms with Crippen molar-refractivity contribution in [2.45, 2.75) is 20.0 Å². The summed E-state index contributed by atoms with van der Waals surface area (Å²) in [6, 6.07) is 9.58. The molecule has 0 saturated heterocycles. The lowest BCUT2D eigenvalue weighted by atomic mass is 9.95. The molecule has 0 radical (unpaired) electrons. The zero-order valence-electron chi connectivity index (χ0n) is 12.3. The molecule has 1 aliphatic rings. The van der Waals surface area contributed by atoms with Crippen molar-refractivity contribution in [3.8, 4) is 6.07 Å². The third-order valence-corrected chi connectivity index (χ3v) is 3.60. The number of carbonyl (C=O) groups is 1. The van der Waals surface area contributed by atoms with Crippen LogP contribution in [0.15, 0.2) is 30.5 Å². The smallest absolute Gasteiger partial charge is 0.303 e. The van der Waals surface area contributed by atoms with Crippen molar-refractivity contribution < 1.29 is 9.53 Å². The average molecular weight is 290 g/mol. The van der Waals surface area contributed by atoms with Gasteiger partial charge in [0.2, 0.25) is 0 Å². The second kappa shape index (κ2) is 5.45. The van der Waals surface area contributed by atoms with Crippen LogP contribution < -0.4 is 0 Å². The van der Waals surface area contributed by atoms with Gasteiger partial charge in [0, 0.05) is 24.2 Å². The maximum Gasteiger partial charge on any atom is 0.303 e. The van der Waals surface area contributed by atoms with E-state index in [0.29, 0.717) is 5.56 Å². The number of fused-ring (bicyclic) bond motifs is 2. The van der Waals surface area contributed by atoms with E-state index in [-0.39, 0.29) is 5.97 Å². The first-order valence-corrected chi connectivity index (χ1v) is 6.95. The molecule has 0 spiro atoms. The van der Waals surface area contributed by atoms with Crippen molar-refractivity contribution in [3.63, 3.8) is 0 Å². The Bertz CT molecular complexity index is 831. The molecule has 1 atom stereocenters. The Morgan fingerprint density at radius 2 is 2.14 bits per heavy atom. The molecule has 2 aromatic rings. The summed E-state index contributed by atoms with van der Waals surface area (Å²) in [6.07, 6.45) is 4.93. The van der Waals surface area contributed by atoms with Gasteiger partial charge >= 0.3 is 5.97 Å². The summed E-state index contributed by atoms with van der Waals surface area (Å²) in [5.74, 6) is -0.368. The van der Waals surface area contributed by atoms with Crippen molar-refractivity contribution in [2.75, 3.05) is 0 Å². The minimum absolute atomic E-state index is 0.368. The number of carbonyl (C=O) groups excluding carboxylic acids is 1. The topological polar surface area (TPSA) is 63.0 Å². The SMILES string of the molecule is CC(=O)OC1c2cc(C)cnc2C=Cc2c(C#N)cccc21. The molecule has 4 heteroatoms. The molecule has 22 heavy (non-hydrogen) atoms. The number of esters is 1. The Morgan fingerprint density at radius 1 is 1.32 bits per heavy atom. The molecule has 0 N–H and O–H groups in total. The van der Waals surface area contributed by atoms with Gasteiger partial charge in [-0.05, 0) is 36.3 Å². The zero-order valence-corrected chi connectivity index (χ0v) is 12.3. The summed E-state index contributed by atoms with van der Waals surface area (Å²) in [6.45, 7) is 3.33. The monoisotopic (exact) mass is 290 g/mol. The van der Waals surface area contributed by atoms with Crippen molar-refractivity contribution >= 4 is 18.1 Å². The molecule has 3 rings (SSSR count). The number of nitriles is 1. The van der Waals surface area contributed by atoms with Crippen molar-refractivity contribution in [2.24, 2.45) is 0 Å². The predicted octanol–water partition coefficient (Wildman–Crippen LogP) is 3.40. The minimum atomic E-state index is -0.557. The van der Waals surface area contributed by atoms with Crippen LogP contribution >= 0.6 is 0 Å². The summed E-state index contributed by atoms with van der Waals surface area (Å²) >= 11 is 0. The first-order valence-electron chi connectivity index (χ1n) is 6.95. The normalized spacial score (nSPS) is 15.2. The number of rotatable bonds is 1. The van der Waals surface area contributed by atoms with E-state index in [1.54, 1.807) is 18.3 Å². The molecule has 0 bridgehead atoms. The average Bonchev–Trinajstić information content (AvgIpc) is 2.64. The summed E-state index contributed by atoms with van der Waals surface area (Å²) in [5, 5.41) is 9.31. The van der Waals surface area contributed by atoms with Gasteiger partial charge in [-0.1, -0.05) is 18.2 Å². The summed E-state index contributed by atoms with van der Waals surface area (Å²) in [7, 11) is 0. The Hall–Kier alpha value is -2.93. The highest BCUT2D eigenvalue weighted by molar-refractivity contribution is 5.78. The van der Waals surface area contributed by atoms with Gasteiger partial charge in [0.1, 0.15) is 0 Å². The fraction of sp³-hybridized carbons (Fsp3) is 0.167. The van der Waals surface area contributed by atoms with E-state index in [4.69, 9.17) is 4.74 Å². The van der Waals surface area contributed by atoms with E-state index in [1.807, 2.05) is 31.2 Å². The summed E-state index contributed by atoms with van der Waals surface area (Å²) < 4.78 is 5.55. The number of aryl methyl sites for hydroxylation is 1. The van der Waals surface area contributed by atoms with Gasteiger partial charge in [0.25, 0.3) is 0 Å². The molecular formula is C18H14N2O2. The molecule has 1 aliphatic carbocycles. The fourth-order valence-corrected chi connectivity index (χ4v) is 2.67. The lowest BCUT2D eigenvalue weighted by Crippen LogP contribution is -2.13. The van der Waals surface area contributed by atoms with Crippen LogP contribution in [0.1, 0.15) is 46.5 Å². The van der Waals surface area contributed by atoms with Gasteiger partial charge < -0.3 is 4.74 Å². The maximum absolute atomic E-state index is 11.6. The Morgan fingerprint density at radius 3 is 2.86 bits per heavy atom. The molecule has 1 aromatic carbocycles. The van der Waals surface area contributed by atoms with E-state index in [0.717, 1.165) is 27.9 Å². The molecule has 1 aromatic heterocycles. The molecule has 0 aliphatic heterocycles. The second-order valence-electron chi connectivity index (χ2n) is 5.23. The van der Waals surface area contributed by atoms with Gasteiger partial charge in [0.05, 0.1) is 17.3 Å². The molecule has 0 fully saturated rings. The first-order chi connectivity index (χ1) is 10.6. The van der Waals surface area contributed by atoms with Gasteiger partial charge in [0.15, 0.2) is 6.10 Å². The van der Waals surface area contributed by atoms with Crippen LogP contribution in [-0.4, -0.2) is 11.0 Å². The van der Waals surface area contributed by atoms with Crippen LogP contribution in [0.3, 0.4) is 0 Å². The third kappa shape index (κ3) is 2.38. The summed E-state index contributed by atoms with van der Waals surface area (Å²) in [4.78, 5) is 16.0. The van der Waals surface area contributed by atoms with Gasteiger partial charge in [-0.2, -0.15) is 5.26 Å². The second-order valence-corrected chi connectivity index (χ2v) is 5.23. The highest BCUT2D eigenvalue weighted by Gasteiger charge is 2.26. The predicted molar refractivity (Wildman–Crippen MR) is 82.7 cm³/mol.